The quantitative estimate of drug-likeness (QED) is 0.416. The Labute approximate surface area is 157 Å². The lowest BCUT2D eigenvalue weighted by molar-refractivity contribution is -0.131. The second kappa shape index (κ2) is 7.92. The molecule has 9 heteroatoms. The van der Waals surface area contributed by atoms with Crippen molar-refractivity contribution in [2.24, 2.45) is 0 Å². The van der Waals surface area contributed by atoms with E-state index in [1.165, 1.54) is 18.2 Å². The number of hydrogen-bond donors (Lipinski definition) is 3. The Bertz CT molecular complexity index is 1020. The highest BCUT2D eigenvalue weighted by Gasteiger charge is 2.15. The normalized spacial score (nSPS) is 11.5. The lowest BCUT2D eigenvalue weighted by Crippen LogP contribution is -1.97. The van der Waals surface area contributed by atoms with Crippen LogP contribution in [0.5, 0.6) is 0 Å². The van der Waals surface area contributed by atoms with Gasteiger partial charge in [0, 0.05) is 18.1 Å². The van der Waals surface area contributed by atoms with Crippen molar-refractivity contribution >= 4 is 29.8 Å². The van der Waals surface area contributed by atoms with Gasteiger partial charge in [0.05, 0.1) is 5.56 Å². The summed E-state index contributed by atoms with van der Waals surface area (Å²) in [6.07, 6.45) is 2.04. The van der Waals surface area contributed by atoms with Crippen molar-refractivity contribution in [2.45, 2.75) is 18.5 Å². The van der Waals surface area contributed by atoms with Gasteiger partial charge < -0.3 is 14.6 Å². The molecule has 0 fully saturated rings. The van der Waals surface area contributed by atoms with E-state index in [-0.39, 0.29) is 10.5 Å². The summed E-state index contributed by atoms with van der Waals surface area (Å²) in [5.74, 6) is -0.743. The lowest BCUT2D eigenvalue weighted by atomic mass is 10.1. The van der Waals surface area contributed by atoms with Crippen LogP contribution in [0.15, 0.2) is 50.9 Å². The fourth-order valence-electron chi connectivity index (χ4n) is 2.24. The van der Waals surface area contributed by atoms with Gasteiger partial charge in [0.15, 0.2) is 0 Å². The second-order valence-corrected chi connectivity index (χ2v) is 6.43. The van der Waals surface area contributed by atoms with Gasteiger partial charge in [0.25, 0.3) is 0 Å². The minimum Gasteiger partial charge on any atom is -0.478 e. The average molecular weight is 385 g/mol. The van der Waals surface area contributed by atoms with Crippen LogP contribution in [0, 0.1) is 0 Å². The van der Waals surface area contributed by atoms with Crippen molar-refractivity contribution in [3.8, 4) is 11.3 Å². The van der Waals surface area contributed by atoms with Crippen LogP contribution in [0.4, 0.5) is 0 Å². The van der Waals surface area contributed by atoms with Crippen LogP contribution in [-0.4, -0.2) is 37.3 Å². The first kappa shape index (κ1) is 18.5. The van der Waals surface area contributed by atoms with E-state index in [1.54, 1.807) is 24.3 Å². The Morgan fingerprint density at radius 3 is 2.74 bits per heavy atom. The van der Waals surface area contributed by atoms with Crippen LogP contribution in [-0.2, 0) is 11.2 Å². The molecule has 3 aromatic rings. The number of aromatic amines is 1. The van der Waals surface area contributed by atoms with Crippen molar-refractivity contribution in [2.75, 3.05) is 0 Å². The number of hydrogen-bond acceptors (Lipinski definition) is 6. The first-order valence-electron chi connectivity index (χ1n) is 7.94. The molecule has 27 heavy (non-hydrogen) atoms. The number of nitrogens with zero attached hydrogens (tertiary/aromatic N) is 2. The molecule has 0 amide bonds. The number of nitrogens with one attached hydrogen (secondary N) is 1. The predicted molar refractivity (Wildman–Crippen MR) is 98.3 cm³/mol. The van der Waals surface area contributed by atoms with E-state index in [0.29, 0.717) is 34.5 Å². The maximum absolute atomic E-state index is 11.5. The number of aromatic nitrogens is 3. The number of aliphatic carboxylic acids is 1. The molecule has 0 aliphatic heterocycles. The first-order chi connectivity index (χ1) is 13.0. The molecule has 2 heterocycles. The SMILES string of the molecule is CCc1nc(S/C(=C/c2ccc(-c3cccc(C(=O)O)c3)o2)C(=O)O)n[nH]1. The van der Waals surface area contributed by atoms with Gasteiger partial charge in [-0.15, -0.1) is 5.10 Å². The number of carboxylic acid groups (broad SMARTS) is 2. The molecule has 0 aliphatic rings. The highest BCUT2D eigenvalue weighted by molar-refractivity contribution is 8.04. The Kier molecular flexibility index (Phi) is 5.41. The summed E-state index contributed by atoms with van der Waals surface area (Å²) >= 11 is 0.910. The zero-order valence-corrected chi connectivity index (χ0v) is 15.0. The van der Waals surface area contributed by atoms with E-state index in [0.717, 1.165) is 11.8 Å². The Balaban J connectivity index is 1.85. The first-order valence-corrected chi connectivity index (χ1v) is 8.75. The molecule has 0 aliphatic carbocycles. The number of aryl methyl sites for hydroxylation is 1. The molecule has 1 aromatic carbocycles. The summed E-state index contributed by atoms with van der Waals surface area (Å²) in [5.41, 5.74) is 0.722. The van der Waals surface area contributed by atoms with E-state index in [2.05, 4.69) is 15.2 Å². The molecule has 3 rings (SSSR count). The predicted octanol–water partition coefficient (Wildman–Crippen LogP) is 3.54. The molecular formula is C18H15N3O5S. The van der Waals surface area contributed by atoms with E-state index >= 15 is 0 Å². The molecule has 0 spiro atoms. The molecule has 0 saturated heterocycles. The molecule has 0 atom stereocenters. The lowest BCUT2D eigenvalue weighted by Gasteiger charge is -2.00. The van der Waals surface area contributed by atoms with Crippen molar-refractivity contribution < 1.29 is 24.2 Å². The van der Waals surface area contributed by atoms with Gasteiger partial charge in [-0.25, -0.2) is 14.6 Å². The Hall–Kier alpha value is -3.33. The fraction of sp³-hybridized carbons (Fsp3) is 0.111. The number of carbonyl (C=O) groups is 2. The topological polar surface area (TPSA) is 129 Å². The highest BCUT2D eigenvalue weighted by Crippen LogP contribution is 2.29. The summed E-state index contributed by atoms with van der Waals surface area (Å²) in [4.78, 5) is 26.8. The molecule has 0 saturated carbocycles. The third-order valence-electron chi connectivity index (χ3n) is 3.55. The maximum atomic E-state index is 11.5. The zero-order chi connectivity index (χ0) is 19.4. The molecular weight excluding hydrogens is 370 g/mol. The average Bonchev–Trinajstić information content (AvgIpc) is 3.30. The minimum atomic E-state index is -1.13. The summed E-state index contributed by atoms with van der Waals surface area (Å²) in [6, 6.07) is 9.56. The van der Waals surface area contributed by atoms with E-state index in [1.807, 2.05) is 6.92 Å². The van der Waals surface area contributed by atoms with Gasteiger partial charge in [-0.2, -0.15) is 0 Å². The summed E-state index contributed by atoms with van der Waals surface area (Å²) in [7, 11) is 0. The third-order valence-corrected chi connectivity index (χ3v) is 4.43. The van der Waals surface area contributed by atoms with Crippen molar-refractivity contribution in [3.63, 3.8) is 0 Å². The van der Waals surface area contributed by atoms with E-state index in [9.17, 15) is 14.7 Å². The van der Waals surface area contributed by atoms with Crippen LogP contribution >= 0.6 is 11.8 Å². The van der Waals surface area contributed by atoms with Gasteiger partial charge in [-0.05, 0) is 36.0 Å². The molecule has 138 valence electrons. The number of H-pyrrole nitrogens is 1. The summed E-state index contributed by atoms with van der Waals surface area (Å²) in [5, 5.41) is 25.5. The van der Waals surface area contributed by atoms with Crippen LogP contribution in [0.1, 0.15) is 28.9 Å². The van der Waals surface area contributed by atoms with Crippen LogP contribution in [0.2, 0.25) is 0 Å². The third kappa shape index (κ3) is 4.45. The maximum Gasteiger partial charge on any atom is 0.342 e. The molecule has 0 radical (unpaired) electrons. The van der Waals surface area contributed by atoms with Crippen molar-refractivity contribution in [3.05, 3.63) is 58.5 Å². The zero-order valence-electron chi connectivity index (χ0n) is 14.2. The molecule has 2 aromatic heterocycles. The van der Waals surface area contributed by atoms with Crippen molar-refractivity contribution in [1.82, 2.24) is 15.2 Å². The molecule has 3 N–H and O–H groups in total. The van der Waals surface area contributed by atoms with Crippen LogP contribution in [0.3, 0.4) is 0 Å². The van der Waals surface area contributed by atoms with Gasteiger partial charge in [0.2, 0.25) is 5.16 Å². The van der Waals surface area contributed by atoms with Gasteiger partial charge in [0.1, 0.15) is 22.3 Å². The number of carboxylic acids is 2. The summed E-state index contributed by atoms with van der Waals surface area (Å²) in [6.45, 7) is 1.91. The van der Waals surface area contributed by atoms with Crippen LogP contribution in [0.25, 0.3) is 17.4 Å². The molecule has 0 bridgehead atoms. The number of benzene rings is 1. The monoisotopic (exact) mass is 385 g/mol. The Morgan fingerprint density at radius 2 is 2.07 bits per heavy atom. The largest absolute Gasteiger partial charge is 0.478 e. The second-order valence-electron chi connectivity index (χ2n) is 5.42. The minimum absolute atomic E-state index is 0.00293. The summed E-state index contributed by atoms with van der Waals surface area (Å²) < 4.78 is 5.65. The van der Waals surface area contributed by atoms with Gasteiger partial charge in [-0.3, -0.25) is 5.10 Å². The van der Waals surface area contributed by atoms with E-state index < -0.39 is 11.9 Å². The highest BCUT2D eigenvalue weighted by atomic mass is 32.2. The van der Waals surface area contributed by atoms with Crippen molar-refractivity contribution in [1.29, 1.82) is 0 Å². The number of aromatic carboxylic acids is 1. The van der Waals surface area contributed by atoms with Crippen LogP contribution < -0.4 is 0 Å². The van der Waals surface area contributed by atoms with Gasteiger partial charge in [-0.1, -0.05) is 19.1 Å². The Morgan fingerprint density at radius 1 is 1.26 bits per heavy atom. The standard InChI is InChI=1S/C18H15N3O5S/c1-2-15-19-18(21-20-15)27-14(17(24)25)9-12-6-7-13(26-12)10-4-3-5-11(8-10)16(22)23/h3-9H,2H2,1H3,(H,22,23)(H,24,25)(H,19,20,21)/b14-9+. The number of thioether (sulfide) groups is 1. The number of furan rings is 1. The number of rotatable bonds is 7. The van der Waals surface area contributed by atoms with Gasteiger partial charge >= 0.3 is 11.9 Å². The smallest absolute Gasteiger partial charge is 0.342 e. The molecule has 8 nitrogen and oxygen atoms in total. The molecule has 0 unspecified atom stereocenters. The van der Waals surface area contributed by atoms with E-state index in [4.69, 9.17) is 9.52 Å². The fourth-order valence-corrected chi connectivity index (χ4v) is 2.94.